The predicted molar refractivity (Wildman–Crippen MR) is 97.5 cm³/mol. The van der Waals surface area contributed by atoms with Crippen LogP contribution >= 0.6 is 0 Å². The Morgan fingerprint density at radius 2 is 1.75 bits per heavy atom. The fourth-order valence-electron chi connectivity index (χ4n) is 2.52. The number of nitrogens with two attached hydrogens (primary N) is 1. The van der Waals surface area contributed by atoms with Crippen LogP contribution in [-0.2, 0) is 0 Å². The molecule has 0 aliphatic rings. The molecule has 2 rings (SSSR count). The number of carbonyl (C=O) groups excluding carboxylic acids is 1. The molecule has 2 aromatic rings. The molecule has 0 amide bonds. The summed E-state index contributed by atoms with van der Waals surface area (Å²) in [6.07, 6.45) is 0. The summed E-state index contributed by atoms with van der Waals surface area (Å²) in [7, 11) is 5.71. The summed E-state index contributed by atoms with van der Waals surface area (Å²) < 4.78 is 5.20. The van der Waals surface area contributed by atoms with Gasteiger partial charge in [0.1, 0.15) is 5.75 Å². The number of nitrogen functional groups attached to an aromatic ring is 1. The molecule has 0 bridgehead atoms. The van der Waals surface area contributed by atoms with E-state index in [0.29, 0.717) is 24.3 Å². The Labute approximate surface area is 143 Å². The molecule has 0 aliphatic heterocycles. The lowest BCUT2D eigenvalue weighted by atomic mass is 10.1. The number of ketones is 1. The van der Waals surface area contributed by atoms with Crippen molar-refractivity contribution in [3.05, 3.63) is 59.7 Å². The normalized spacial score (nSPS) is 12.2. The molecule has 1 unspecified atom stereocenters. The van der Waals surface area contributed by atoms with Crippen molar-refractivity contribution in [1.82, 2.24) is 10.2 Å². The number of hydrogen-bond acceptors (Lipinski definition) is 5. The van der Waals surface area contributed by atoms with Crippen molar-refractivity contribution in [3.8, 4) is 5.75 Å². The van der Waals surface area contributed by atoms with Crippen LogP contribution in [-0.4, -0.2) is 45.0 Å². The Bertz CT molecular complexity index is 651. The van der Waals surface area contributed by atoms with Crippen LogP contribution in [0.15, 0.2) is 48.5 Å². The Morgan fingerprint density at radius 1 is 1.12 bits per heavy atom. The first-order chi connectivity index (χ1) is 11.5. The molecule has 0 aliphatic carbocycles. The minimum Gasteiger partial charge on any atom is -0.497 e. The van der Waals surface area contributed by atoms with Crippen molar-refractivity contribution in [1.29, 1.82) is 0 Å². The highest BCUT2D eigenvalue weighted by molar-refractivity contribution is 5.97. The van der Waals surface area contributed by atoms with Gasteiger partial charge in [0.15, 0.2) is 5.78 Å². The second-order valence-corrected chi connectivity index (χ2v) is 5.93. The number of benzene rings is 2. The van der Waals surface area contributed by atoms with E-state index < -0.39 is 0 Å². The fraction of sp³-hybridized carbons (Fsp3) is 0.316. The number of carbonyl (C=O) groups is 1. The van der Waals surface area contributed by atoms with Gasteiger partial charge in [-0.3, -0.25) is 4.79 Å². The highest BCUT2D eigenvalue weighted by Crippen LogP contribution is 2.20. The molecule has 0 radical (unpaired) electrons. The molecule has 0 aromatic heterocycles. The third-order valence-electron chi connectivity index (χ3n) is 3.98. The number of ether oxygens (including phenoxy) is 1. The zero-order chi connectivity index (χ0) is 17.5. The number of anilines is 1. The number of nitrogens with one attached hydrogen (secondary N) is 1. The largest absolute Gasteiger partial charge is 0.497 e. The molecule has 24 heavy (non-hydrogen) atoms. The second kappa shape index (κ2) is 8.47. The third-order valence-corrected chi connectivity index (χ3v) is 3.98. The molecule has 128 valence electrons. The van der Waals surface area contributed by atoms with Gasteiger partial charge in [0, 0.05) is 23.8 Å². The van der Waals surface area contributed by atoms with Crippen LogP contribution in [0.25, 0.3) is 0 Å². The molecule has 0 saturated heterocycles. The van der Waals surface area contributed by atoms with Gasteiger partial charge in [0.05, 0.1) is 13.7 Å². The maximum absolute atomic E-state index is 12.2. The van der Waals surface area contributed by atoms with Gasteiger partial charge in [-0.2, -0.15) is 0 Å². The molecule has 0 heterocycles. The van der Waals surface area contributed by atoms with Crippen LogP contribution in [0.3, 0.4) is 0 Å². The van der Waals surface area contributed by atoms with E-state index in [4.69, 9.17) is 10.5 Å². The van der Waals surface area contributed by atoms with Crippen LogP contribution in [0.2, 0.25) is 0 Å². The minimum atomic E-state index is 0.0576. The van der Waals surface area contributed by atoms with Crippen molar-refractivity contribution < 1.29 is 9.53 Å². The number of rotatable bonds is 8. The van der Waals surface area contributed by atoms with Crippen LogP contribution in [0, 0.1) is 0 Å². The predicted octanol–water partition coefficient (Wildman–Crippen LogP) is 2.35. The van der Waals surface area contributed by atoms with Crippen molar-refractivity contribution >= 4 is 11.5 Å². The molecular formula is C19H25N3O2. The first-order valence-corrected chi connectivity index (χ1v) is 7.91. The van der Waals surface area contributed by atoms with E-state index in [1.165, 1.54) is 5.56 Å². The molecule has 0 fully saturated rings. The minimum absolute atomic E-state index is 0.0576. The Kier molecular flexibility index (Phi) is 6.35. The van der Waals surface area contributed by atoms with Crippen molar-refractivity contribution in [2.45, 2.75) is 6.04 Å². The van der Waals surface area contributed by atoms with E-state index in [2.05, 4.69) is 10.2 Å². The van der Waals surface area contributed by atoms with E-state index >= 15 is 0 Å². The summed E-state index contributed by atoms with van der Waals surface area (Å²) in [5.74, 6) is 0.894. The molecule has 0 saturated carbocycles. The van der Waals surface area contributed by atoms with E-state index in [0.717, 1.165) is 5.75 Å². The fourth-order valence-corrected chi connectivity index (χ4v) is 2.52. The highest BCUT2D eigenvalue weighted by atomic mass is 16.5. The summed E-state index contributed by atoms with van der Waals surface area (Å²) in [6.45, 7) is 0.977. The molecule has 5 nitrogen and oxygen atoms in total. The summed E-state index contributed by atoms with van der Waals surface area (Å²) >= 11 is 0. The SMILES string of the molecule is COc1ccc(C(CNCC(=O)c2ccc(N)cc2)N(C)C)cc1. The highest BCUT2D eigenvalue weighted by Gasteiger charge is 2.15. The smallest absolute Gasteiger partial charge is 0.176 e. The molecule has 5 heteroatoms. The number of hydrogen-bond donors (Lipinski definition) is 2. The van der Waals surface area contributed by atoms with Crippen molar-refractivity contribution in [2.75, 3.05) is 40.0 Å². The number of methoxy groups -OCH3 is 1. The van der Waals surface area contributed by atoms with Gasteiger partial charge in [-0.15, -0.1) is 0 Å². The van der Waals surface area contributed by atoms with E-state index in [1.54, 1.807) is 31.4 Å². The molecule has 3 N–H and O–H groups in total. The maximum atomic E-state index is 12.2. The number of likely N-dealkylation sites (N-methyl/N-ethyl adjacent to an activating group) is 1. The lowest BCUT2D eigenvalue weighted by Crippen LogP contribution is -2.33. The monoisotopic (exact) mass is 327 g/mol. The standard InChI is InChI=1S/C19H25N3O2/c1-22(2)18(14-6-10-17(24-3)11-7-14)12-21-13-19(23)15-4-8-16(20)9-5-15/h4-11,18,21H,12-13,20H2,1-3H3. The van der Waals surface area contributed by atoms with Crippen LogP contribution < -0.4 is 15.8 Å². The lowest BCUT2D eigenvalue weighted by Gasteiger charge is -2.25. The van der Waals surface area contributed by atoms with Gasteiger partial charge < -0.3 is 20.7 Å². The van der Waals surface area contributed by atoms with Crippen LogP contribution in [0.5, 0.6) is 5.75 Å². The number of Topliss-reactive ketones (excluding diaryl/α,β-unsaturated/α-hetero) is 1. The van der Waals surface area contributed by atoms with Crippen LogP contribution in [0.4, 0.5) is 5.69 Å². The average molecular weight is 327 g/mol. The quantitative estimate of drug-likeness (QED) is 0.575. The van der Waals surface area contributed by atoms with Gasteiger partial charge in [0.25, 0.3) is 0 Å². The van der Waals surface area contributed by atoms with Crippen molar-refractivity contribution in [3.63, 3.8) is 0 Å². The first kappa shape index (κ1) is 18.0. The van der Waals surface area contributed by atoms with Gasteiger partial charge in [0.2, 0.25) is 0 Å². The summed E-state index contributed by atoms with van der Waals surface area (Å²) in [5, 5.41) is 3.25. The van der Waals surface area contributed by atoms with Gasteiger partial charge in [-0.25, -0.2) is 0 Å². The third kappa shape index (κ3) is 4.81. The Hall–Kier alpha value is -2.37. The van der Waals surface area contributed by atoms with Gasteiger partial charge >= 0.3 is 0 Å². The van der Waals surface area contributed by atoms with E-state index in [9.17, 15) is 4.79 Å². The zero-order valence-electron chi connectivity index (χ0n) is 14.5. The molecule has 2 aromatic carbocycles. The lowest BCUT2D eigenvalue weighted by molar-refractivity contribution is 0.0988. The number of nitrogens with zero attached hydrogens (tertiary/aromatic N) is 1. The molecule has 1 atom stereocenters. The first-order valence-electron chi connectivity index (χ1n) is 7.91. The zero-order valence-corrected chi connectivity index (χ0v) is 14.5. The molecular weight excluding hydrogens is 302 g/mol. The van der Waals surface area contributed by atoms with E-state index in [1.807, 2.05) is 38.4 Å². The van der Waals surface area contributed by atoms with Gasteiger partial charge in [-0.05, 0) is 56.1 Å². The second-order valence-electron chi connectivity index (χ2n) is 5.93. The molecule has 0 spiro atoms. The summed E-state index contributed by atoms with van der Waals surface area (Å²) in [4.78, 5) is 14.3. The Morgan fingerprint density at radius 3 is 2.29 bits per heavy atom. The maximum Gasteiger partial charge on any atom is 0.176 e. The topological polar surface area (TPSA) is 67.6 Å². The van der Waals surface area contributed by atoms with Crippen LogP contribution in [0.1, 0.15) is 22.0 Å². The Balaban J connectivity index is 1.93. The summed E-state index contributed by atoms with van der Waals surface area (Å²) in [5.41, 5.74) is 8.15. The summed E-state index contributed by atoms with van der Waals surface area (Å²) in [6, 6.07) is 15.2. The van der Waals surface area contributed by atoms with E-state index in [-0.39, 0.29) is 11.8 Å². The van der Waals surface area contributed by atoms with Crippen molar-refractivity contribution in [2.24, 2.45) is 0 Å². The average Bonchev–Trinajstić information content (AvgIpc) is 2.59. The van der Waals surface area contributed by atoms with Gasteiger partial charge in [-0.1, -0.05) is 12.1 Å².